The fourth-order valence-electron chi connectivity index (χ4n) is 2.59. The second-order valence-corrected chi connectivity index (χ2v) is 11.6. The number of amides is 2. The molecule has 0 aromatic heterocycles. The lowest BCUT2D eigenvalue weighted by atomic mass is 10.2. The third kappa shape index (κ3) is 5.95. The van der Waals surface area contributed by atoms with E-state index in [2.05, 4.69) is 0 Å². The normalized spacial score (nSPS) is 17.6. The first-order valence-corrected chi connectivity index (χ1v) is 11.8. The van der Waals surface area contributed by atoms with Crippen LogP contribution in [0.2, 0.25) is 18.1 Å². The van der Waals surface area contributed by atoms with E-state index in [0.717, 1.165) is 29.1 Å². The number of hydrogen-bond acceptors (Lipinski definition) is 4. The summed E-state index contributed by atoms with van der Waals surface area (Å²) < 4.78 is 48.2. The predicted molar refractivity (Wildman–Crippen MR) is 97.9 cm³/mol. The first-order valence-electron chi connectivity index (χ1n) is 8.19. The molecule has 0 aromatic rings. The van der Waals surface area contributed by atoms with Gasteiger partial charge in [0.05, 0.1) is 10.1 Å². The third-order valence-electron chi connectivity index (χ3n) is 4.41. The minimum atomic E-state index is -4.46. The molecule has 0 saturated carbocycles. The topological polar surface area (TPSA) is 55.8 Å². The van der Waals surface area contributed by atoms with Crippen LogP contribution < -0.4 is 0 Å². The molecule has 1 aliphatic rings. The first-order chi connectivity index (χ1) is 11.6. The standard InChI is InChI=1S/C15H23F3INO4Si/c1-4-25(5-2,6-3)24-11(7-8-12(19)15(16,17)18)13(21)20-9-10-23-14(20)22/h8,11H,4-7,9-10H2,1-3H3/b12-8-/t11-/m0/s1. The highest BCUT2D eigenvalue weighted by atomic mass is 127. The Morgan fingerprint density at radius 1 is 1.36 bits per heavy atom. The number of hydrogen-bond donors (Lipinski definition) is 0. The number of ether oxygens (including phenoxy) is 1. The molecule has 1 heterocycles. The molecule has 25 heavy (non-hydrogen) atoms. The molecule has 0 radical (unpaired) electrons. The maximum Gasteiger partial charge on any atom is 0.421 e. The van der Waals surface area contributed by atoms with Gasteiger partial charge in [0.1, 0.15) is 12.7 Å². The zero-order valence-electron chi connectivity index (χ0n) is 14.5. The van der Waals surface area contributed by atoms with Crippen molar-refractivity contribution >= 4 is 42.9 Å². The van der Waals surface area contributed by atoms with Gasteiger partial charge in [-0.15, -0.1) is 0 Å². The minimum Gasteiger partial charge on any atom is -0.447 e. The van der Waals surface area contributed by atoms with Gasteiger partial charge in [0.15, 0.2) is 8.32 Å². The molecule has 10 heteroatoms. The Kier molecular flexibility index (Phi) is 8.39. The van der Waals surface area contributed by atoms with Crippen molar-refractivity contribution < 1.29 is 31.9 Å². The SMILES string of the molecule is CC[Si](CC)(CC)O[C@@H](C/C=C(\I)C(F)(F)F)C(=O)N1CCOC1=O. The molecule has 1 saturated heterocycles. The van der Waals surface area contributed by atoms with Gasteiger partial charge < -0.3 is 9.16 Å². The highest BCUT2D eigenvalue weighted by Gasteiger charge is 2.40. The Bertz CT molecular complexity index is 515. The van der Waals surface area contributed by atoms with Crippen LogP contribution in [-0.2, 0) is 14.0 Å². The molecule has 5 nitrogen and oxygen atoms in total. The Morgan fingerprint density at radius 3 is 2.32 bits per heavy atom. The fraction of sp³-hybridized carbons (Fsp3) is 0.733. The molecule has 0 unspecified atom stereocenters. The Labute approximate surface area is 160 Å². The molecule has 1 atom stereocenters. The molecule has 1 fully saturated rings. The van der Waals surface area contributed by atoms with Crippen molar-refractivity contribution in [2.75, 3.05) is 13.2 Å². The number of carbonyl (C=O) groups is 2. The van der Waals surface area contributed by atoms with Crippen LogP contribution in [-0.4, -0.2) is 50.6 Å². The summed E-state index contributed by atoms with van der Waals surface area (Å²) in [6.07, 6.45) is -5.62. The number of alkyl halides is 3. The second-order valence-electron chi connectivity index (χ2n) is 5.74. The maximum absolute atomic E-state index is 12.7. The molecular weight excluding hydrogens is 470 g/mol. The number of imide groups is 1. The largest absolute Gasteiger partial charge is 0.447 e. The van der Waals surface area contributed by atoms with Gasteiger partial charge in [0.2, 0.25) is 0 Å². The van der Waals surface area contributed by atoms with Crippen LogP contribution >= 0.6 is 22.6 Å². The number of allylic oxidation sites excluding steroid dienone is 1. The Balaban J connectivity index is 3.05. The Morgan fingerprint density at radius 2 is 1.92 bits per heavy atom. The van der Waals surface area contributed by atoms with Crippen molar-refractivity contribution in [3.63, 3.8) is 0 Å². The number of cyclic esters (lactones) is 1. The lowest BCUT2D eigenvalue weighted by Gasteiger charge is -2.33. The quantitative estimate of drug-likeness (QED) is 0.366. The molecule has 1 aliphatic heterocycles. The molecule has 0 N–H and O–H groups in total. The number of halogens is 4. The van der Waals surface area contributed by atoms with E-state index < -0.39 is 36.2 Å². The van der Waals surface area contributed by atoms with Gasteiger partial charge in [-0.1, -0.05) is 26.8 Å². The molecule has 0 bridgehead atoms. The number of nitrogens with zero attached hydrogens (tertiary/aromatic N) is 1. The van der Waals surface area contributed by atoms with Crippen LogP contribution in [0, 0.1) is 0 Å². The van der Waals surface area contributed by atoms with Crippen molar-refractivity contribution in [2.24, 2.45) is 0 Å². The summed E-state index contributed by atoms with van der Waals surface area (Å²) >= 11 is 1.20. The van der Waals surface area contributed by atoms with Crippen LogP contribution in [0.4, 0.5) is 18.0 Å². The number of rotatable bonds is 8. The van der Waals surface area contributed by atoms with E-state index in [1.165, 1.54) is 22.6 Å². The van der Waals surface area contributed by atoms with E-state index in [4.69, 9.17) is 9.16 Å². The summed E-state index contributed by atoms with van der Waals surface area (Å²) in [5, 5.41) is 0. The van der Waals surface area contributed by atoms with E-state index in [9.17, 15) is 22.8 Å². The van der Waals surface area contributed by atoms with Gasteiger partial charge in [0.25, 0.3) is 5.91 Å². The summed E-state index contributed by atoms with van der Waals surface area (Å²) in [5.74, 6) is -0.627. The first kappa shape index (κ1) is 22.4. The molecular formula is C15H23F3INO4Si. The monoisotopic (exact) mass is 493 g/mol. The lowest BCUT2D eigenvalue weighted by molar-refractivity contribution is -0.135. The smallest absolute Gasteiger partial charge is 0.421 e. The van der Waals surface area contributed by atoms with E-state index in [1.54, 1.807) is 0 Å². The predicted octanol–water partition coefficient (Wildman–Crippen LogP) is 4.63. The van der Waals surface area contributed by atoms with Crippen LogP contribution in [0.3, 0.4) is 0 Å². The molecule has 1 rings (SSSR count). The summed E-state index contributed by atoms with van der Waals surface area (Å²) in [6, 6.07) is 2.23. The summed E-state index contributed by atoms with van der Waals surface area (Å²) in [4.78, 5) is 25.2. The highest BCUT2D eigenvalue weighted by molar-refractivity contribution is 14.1. The highest BCUT2D eigenvalue weighted by Crippen LogP contribution is 2.32. The zero-order chi connectivity index (χ0) is 19.3. The molecule has 0 spiro atoms. The van der Waals surface area contributed by atoms with E-state index in [0.29, 0.717) is 0 Å². The second kappa shape index (κ2) is 9.35. The van der Waals surface area contributed by atoms with Gasteiger partial charge >= 0.3 is 12.3 Å². The van der Waals surface area contributed by atoms with Gasteiger partial charge in [0, 0.05) is 6.42 Å². The van der Waals surface area contributed by atoms with Crippen LogP contribution in [0.15, 0.2) is 9.66 Å². The van der Waals surface area contributed by atoms with Crippen LogP contribution in [0.5, 0.6) is 0 Å². The van der Waals surface area contributed by atoms with Crippen molar-refractivity contribution in [1.29, 1.82) is 0 Å². The fourth-order valence-corrected chi connectivity index (χ4v) is 5.65. The van der Waals surface area contributed by atoms with Crippen molar-refractivity contribution in [3.8, 4) is 0 Å². The average molecular weight is 493 g/mol. The number of carbonyl (C=O) groups excluding carboxylic acids is 2. The van der Waals surface area contributed by atoms with Gasteiger partial charge in [-0.25, -0.2) is 9.69 Å². The van der Waals surface area contributed by atoms with Crippen molar-refractivity contribution in [2.45, 2.75) is 57.6 Å². The molecule has 2 amide bonds. The maximum atomic E-state index is 12.7. The van der Waals surface area contributed by atoms with E-state index in [1.807, 2.05) is 20.8 Å². The molecule has 144 valence electrons. The summed E-state index contributed by atoms with van der Waals surface area (Å²) in [7, 11) is -2.25. The summed E-state index contributed by atoms with van der Waals surface area (Å²) in [6.45, 7) is 6.06. The molecule has 0 aliphatic carbocycles. The van der Waals surface area contributed by atoms with Crippen molar-refractivity contribution in [3.05, 3.63) is 9.66 Å². The van der Waals surface area contributed by atoms with Crippen molar-refractivity contribution in [1.82, 2.24) is 4.90 Å². The zero-order valence-corrected chi connectivity index (χ0v) is 17.6. The average Bonchev–Trinajstić information content (AvgIpc) is 3.00. The summed E-state index contributed by atoms with van der Waals surface area (Å²) in [5.41, 5.74) is 0. The Hall–Kier alpha value is -0.623. The van der Waals surface area contributed by atoms with E-state index in [-0.39, 0.29) is 19.6 Å². The molecule has 0 aromatic carbocycles. The van der Waals surface area contributed by atoms with E-state index >= 15 is 0 Å². The van der Waals surface area contributed by atoms with Gasteiger partial charge in [-0.05, 0) is 40.7 Å². The van der Waals surface area contributed by atoms with Gasteiger partial charge in [-0.2, -0.15) is 13.2 Å². The van der Waals surface area contributed by atoms with Crippen LogP contribution in [0.1, 0.15) is 27.2 Å². The third-order valence-corrected chi connectivity index (χ3v) is 10.1. The van der Waals surface area contributed by atoms with Crippen LogP contribution in [0.25, 0.3) is 0 Å². The van der Waals surface area contributed by atoms with Gasteiger partial charge in [-0.3, -0.25) is 4.79 Å². The minimum absolute atomic E-state index is 0.0884. The lowest BCUT2D eigenvalue weighted by Crippen LogP contribution is -2.48.